The zero-order valence-electron chi connectivity index (χ0n) is 24.8. The lowest BCUT2D eigenvalue weighted by Gasteiger charge is -2.11. The molecule has 0 atom stereocenters. The van der Waals surface area contributed by atoms with Gasteiger partial charge in [0.1, 0.15) is 0 Å². The number of halogens is 4. The van der Waals surface area contributed by atoms with Crippen molar-refractivity contribution in [3.63, 3.8) is 0 Å². The maximum Gasteiger partial charge on any atom is 0.224 e. The summed E-state index contributed by atoms with van der Waals surface area (Å²) in [6, 6.07) is 17.1. The van der Waals surface area contributed by atoms with Gasteiger partial charge in [-0.15, -0.1) is 0 Å². The van der Waals surface area contributed by atoms with Crippen LogP contribution in [0.4, 0.5) is 0 Å². The van der Waals surface area contributed by atoms with Gasteiger partial charge in [0.2, 0.25) is 17.7 Å². The van der Waals surface area contributed by atoms with Gasteiger partial charge in [0.15, 0.2) is 11.5 Å². The lowest BCUT2D eigenvalue weighted by atomic mass is 10.1. The van der Waals surface area contributed by atoms with Crippen LogP contribution in [0.25, 0.3) is 0 Å². The number of rotatable bonds is 10. The summed E-state index contributed by atoms with van der Waals surface area (Å²) in [6.45, 7) is 0. The molecule has 0 aliphatic rings. The van der Waals surface area contributed by atoms with E-state index in [0.29, 0.717) is 35.8 Å². The molecule has 0 unspecified atom stereocenters. The molecule has 0 aliphatic heterocycles. The Morgan fingerprint density at radius 2 is 1.19 bits per heavy atom. The van der Waals surface area contributed by atoms with Crippen LogP contribution in [-0.2, 0) is 33.6 Å². The lowest BCUT2D eigenvalue weighted by molar-refractivity contribution is -0.121. The van der Waals surface area contributed by atoms with E-state index in [1.807, 2.05) is 24.3 Å². The average molecular weight is 807 g/mol. The second-order valence-corrected chi connectivity index (χ2v) is 11.9. The van der Waals surface area contributed by atoms with Crippen molar-refractivity contribution in [1.29, 1.82) is 0 Å². The molecular weight excluding hydrogens is 770 g/mol. The number of carbonyl (C=O) groups excluding carboxylic acids is 3. The minimum absolute atomic E-state index is 0.0250. The summed E-state index contributed by atoms with van der Waals surface area (Å²) in [5.41, 5.74) is 3.01. The molecule has 3 aromatic carbocycles. The van der Waals surface area contributed by atoms with E-state index in [1.54, 1.807) is 59.6 Å². The highest BCUT2D eigenvalue weighted by Gasteiger charge is 2.12. The molecule has 3 N–H and O–H groups in total. The first kappa shape index (κ1) is 38.4. The molecule has 0 radical (unpaired) electrons. The fourth-order valence-corrected chi connectivity index (χ4v) is 5.03. The Morgan fingerprint density at radius 3 is 1.72 bits per heavy atom. The third-order valence-electron chi connectivity index (χ3n) is 5.91. The van der Waals surface area contributed by atoms with Crippen molar-refractivity contribution in [1.82, 2.24) is 16.0 Å². The summed E-state index contributed by atoms with van der Waals surface area (Å²) in [5, 5.41) is 8.39. The fraction of sp³-hybridized carbons (Fsp3) is 0.323. The Morgan fingerprint density at radius 1 is 0.674 bits per heavy atom. The smallest absolute Gasteiger partial charge is 0.224 e. The van der Waals surface area contributed by atoms with E-state index in [0.717, 1.165) is 37.4 Å². The van der Waals surface area contributed by atoms with Crippen LogP contribution < -0.4 is 25.4 Å². The van der Waals surface area contributed by atoms with Crippen LogP contribution in [0, 0.1) is 0 Å². The van der Waals surface area contributed by atoms with E-state index < -0.39 is 0 Å². The molecule has 234 valence electrons. The minimum Gasteiger partial charge on any atom is -0.493 e. The van der Waals surface area contributed by atoms with Crippen LogP contribution in [0.2, 0.25) is 5.02 Å². The van der Waals surface area contributed by atoms with Crippen molar-refractivity contribution in [2.75, 3.05) is 35.4 Å². The van der Waals surface area contributed by atoms with Crippen LogP contribution in [0.3, 0.4) is 0 Å². The Bertz CT molecular complexity index is 1360. The molecule has 0 bridgehead atoms. The maximum atomic E-state index is 11.3. The van der Waals surface area contributed by atoms with Crippen LogP contribution in [-0.4, -0.2) is 53.1 Å². The second-order valence-electron chi connectivity index (χ2n) is 8.85. The van der Waals surface area contributed by atoms with E-state index in [1.165, 1.54) is 5.56 Å². The molecule has 3 amide bonds. The quantitative estimate of drug-likeness (QED) is 0.213. The van der Waals surface area contributed by atoms with E-state index in [-0.39, 0.29) is 17.7 Å². The Balaban J connectivity index is 0.000000324. The first-order valence-electron chi connectivity index (χ1n) is 13.2. The lowest BCUT2D eigenvalue weighted by Crippen LogP contribution is -2.20. The number of amides is 3. The highest BCUT2D eigenvalue weighted by Crippen LogP contribution is 2.33. The van der Waals surface area contributed by atoms with Gasteiger partial charge in [-0.05, 0) is 65.9 Å². The number of benzene rings is 3. The molecule has 0 heterocycles. The molecule has 0 aromatic heterocycles. The molecule has 12 heteroatoms. The van der Waals surface area contributed by atoms with E-state index in [4.69, 9.17) is 21.1 Å². The van der Waals surface area contributed by atoms with Crippen molar-refractivity contribution in [3.8, 4) is 11.5 Å². The Hall–Kier alpha value is -2.60. The molecule has 0 spiro atoms. The number of ether oxygens (including phenoxy) is 2. The average Bonchev–Trinajstić information content (AvgIpc) is 3.01. The second kappa shape index (κ2) is 21.2. The molecule has 0 saturated carbocycles. The van der Waals surface area contributed by atoms with E-state index in [9.17, 15) is 14.4 Å². The van der Waals surface area contributed by atoms with Gasteiger partial charge in [0.25, 0.3) is 0 Å². The molecular formula is C31H37Br3ClN3O5. The molecule has 0 saturated heterocycles. The Kier molecular flexibility index (Phi) is 18.9. The highest BCUT2D eigenvalue weighted by atomic mass is 79.9. The summed E-state index contributed by atoms with van der Waals surface area (Å²) in [4.78, 5) is 33.3. The largest absolute Gasteiger partial charge is 0.493 e. The topological polar surface area (TPSA) is 106 Å². The van der Waals surface area contributed by atoms with Gasteiger partial charge < -0.3 is 25.4 Å². The molecule has 3 rings (SSSR count). The normalized spacial score (nSPS) is 9.79. The number of hydrogen-bond donors (Lipinski definition) is 3. The monoisotopic (exact) mass is 803 g/mol. The predicted octanol–water partition coefficient (Wildman–Crippen LogP) is 6.66. The summed E-state index contributed by atoms with van der Waals surface area (Å²) < 4.78 is 13.2. The maximum absolute atomic E-state index is 11.3. The molecule has 43 heavy (non-hydrogen) atoms. The van der Waals surface area contributed by atoms with Gasteiger partial charge in [0.05, 0.1) is 27.1 Å². The third-order valence-corrected chi connectivity index (χ3v) is 8.43. The predicted molar refractivity (Wildman–Crippen MR) is 183 cm³/mol. The fourth-order valence-electron chi connectivity index (χ4n) is 3.50. The van der Waals surface area contributed by atoms with E-state index in [2.05, 4.69) is 69.8 Å². The van der Waals surface area contributed by atoms with E-state index >= 15 is 0 Å². The molecule has 3 aromatic rings. The van der Waals surface area contributed by atoms with Crippen molar-refractivity contribution >= 4 is 77.1 Å². The van der Waals surface area contributed by atoms with Gasteiger partial charge >= 0.3 is 0 Å². The number of nitrogens with one attached hydrogen (secondary N) is 3. The van der Waals surface area contributed by atoms with Gasteiger partial charge in [-0.2, -0.15) is 0 Å². The van der Waals surface area contributed by atoms with Crippen molar-refractivity contribution in [2.45, 2.75) is 32.1 Å². The summed E-state index contributed by atoms with van der Waals surface area (Å²) in [7, 11) is 8.02. The minimum atomic E-state index is -0.0482. The standard InChI is InChI=1S/C11H14BrNO3.C11H14BrNO.C9H9BrClNO/c1-13-11(14)5-7-4-9(15-2)10(16-3)6-8(7)12;1-13-11(14)8-4-6-9-5-2-3-7-10(9)12;1-12-9(13)5-6-4-7(11)2-3-8(6)10/h4,6H,5H2,1-3H3,(H,13,14);2-3,5,7H,4,6,8H2,1H3,(H,13,14);2-4H,5H2,1H3,(H,12,13). The summed E-state index contributed by atoms with van der Waals surface area (Å²) >= 11 is 16.0. The Labute approximate surface area is 284 Å². The highest BCUT2D eigenvalue weighted by molar-refractivity contribution is 9.11. The number of likely N-dealkylation sites (N-methyl/N-ethyl adjacent to an activating group) is 2. The third kappa shape index (κ3) is 14.6. The van der Waals surface area contributed by atoms with Crippen molar-refractivity contribution in [2.24, 2.45) is 0 Å². The van der Waals surface area contributed by atoms with Crippen LogP contribution in [0.5, 0.6) is 11.5 Å². The number of aryl methyl sites for hydroxylation is 1. The first-order valence-corrected chi connectivity index (χ1v) is 15.9. The van der Waals surface area contributed by atoms with Gasteiger partial charge in [-0.25, -0.2) is 0 Å². The van der Waals surface area contributed by atoms with Gasteiger partial charge in [-0.1, -0.05) is 77.6 Å². The molecule has 8 nitrogen and oxygen atoms in total. The van der Waals surface area contributed by atoms with Crippen LogP contribution >= 0.6 is 59.4 Å². The number of methoxy groups -OCH3 is 2. The van der Waals surface area contributed by atoms with Gasteiger partial charge in [-0.3, -0.25) is 14.4 Å². The van der Waals surface area contributed by atoms with Crippen LogP contribution in [0.1, 0.15) is 29.5 Å². The van der Waals surface area contributed by atoms with Crippen molar-refractivity contribution in [3.05, 3.63) is 89.7 Å². The molecule has 0 aliphatic carbocycles. The first-order chi connectivity index (χ1) is 20.5. The SMILES string of the molecule is CNC(=O)CCCc1ccccc1Br.CNC(=O)Cc1cc(Cl)ccc1Br.CNC(=O)Cc1cc(OC)c(OC)cc1Br. The van der Waals surface area contributed by atoms with Gasteiger partial charge in [0, 0.05) is 46.0 Å². The zero-order valence-corrected chi connectivity index (χ0v) is 30.3. The molecule has 0 fully saturated rings. The summed E-state index contributed by atoms with van der Waals surface area (Å²) in [6.07, 6.45) is 3.07. The van der Waals surface area contributed by atoms with Crippen LogP contribution in [0.15, 0.2) is 68.0 Å². The number of hydrogen-bond acceptors (Lipinski definition) is 5. The number of carbonyl (C=O) groups is 3. The summed E-state index contributed by atoms with van der Waals surface area (Å²) in [5.74, 6) is 1.28. The van der Waals surface area contributed by atoms with Crippen molar-refractivity contribution < 1.29 is 23.9 Å². The zero-order chi connectivity index (χ0) is 32.4.